The molecule has 124 valence electrons. The molecule has 2 aromatic rings. The Labute approximate surface area is 151 Å². The average molecular weight is 350 g/mol. The number of halogens is 2. The van der Waals surface area contributed by atoms with Crippen molar-refractivity contribution in [3.8, 4) is 11.1 Å². The maximum Gasteiger partial charge on any atom is 0.0614 e. The molecule has 2 aromatic carbocycles. The summed E-state index contributed by atoms with van der Waals surface area (Å²) in [6.07, 6.45) is 3.79. The van der Waals surface area contributed by atoms with E-state index >= 15 is 0 Å². The van der Waals surface area contributed by atoms with Crippen LogP contribution in [0.25, 0.3) is 11.1 Å². The zero-order valence-electron chi connectivity index (χ0n) is 13.7. The predicted molar refractivity (Wildman–Crippen MR) is 103 cm³/mol. The highest BCUT2D eigenvalue weighted by atomic mass is 35.5. The molecule has 0 spiro atoms. The smallest absolute Gasteiger partial charge is 0.0614 e. The lowest BCUT2D eigenvalue weighted by Gasteiger charge is -2.30. The van der Waals surface area contributed by atoms with Gasteiger partial charge in [0.05, 0.1) is 6.04 Å². The van der Waals surface area contributed by atoms with Crippen LogP contribution in [0.4, 0.5) is 0 Å². The van der Waals surface area contributed by atoms with E-state index in [9.17, 15) is 0 Å². The largest absolute Gasteiger partial charge is 0.291 e. The van der Waals surface area contributed by atoms with Crippen molar-refractivity contribution in [2.45, 2.75) is 32.2 Å². The van der Waals surface area contributed by atoms with Gasteiger partial charge in [-0.3, -0.25) is 4.90 Å². The number of fused-ring (bicyclic) bond motifs is 3. The Hall–Kier alpha value is -1.02. The van der Waals surface area contributed by atoms with E-state index in [2.05, 4.69) is 60.4 Å². The summed E-state index contributed by atoms with van der Waals surface area (Å²) in [6.45, 7) is 4.32. The van der Waals surface area contributed by atoms with E-state index in [1.165, 1.54) is 41.5 Å². The molecule has 0 unspecified atom stereocenters. The lowest BCUT2D eigenvalue weighted by Crippen LogP contribution is -2.31. The first-order chi connectivity index (χ1) is 10.9. The van der Waals surface area contributed by atoms with Crippen LogP contribution in [-0.2, 0) is 0 Å². The summed E-state index contributed by atoms with van der Waals surface area (Å²) in [5.74, 6) is 0.687. The highest BCUT2D eigenvalue weighted by molar-refractivity contribution is 6.18. The number of rotatable bonds is 7. The molecule has 0 aliphatic heterocycles. The van der Waals surface area contributed by atoms with Crippen molar-refractivity contribution in [1.29, 1.82) is 0 Å². The van der Waals surface area contributed by atoms with Gasteiger partial charge in [0.25, 0.3) is 0 Å². The van der Waals surface area contributed by atoms with Crippen LogP contribution in [0.2, 0.25) is 0 Å². The minimum Gasteiger partial charge on any atom is -0.291 e. The van der Waals surface area contributed by atoms with E-state index in [1.54, 1.807) is 0 Å². The average Bonchev–Trinajstić information content (AvgIpc) is 2.89. The predicted octanol–water partition coefficient (Wildman–Crippen LogP) is 5.91. The zero-order chi connectivity index (χ0) is 15.4. The number of hydrogen-bond acceptors (Lipinski definition) is 1. The zero-order valence-corrected chi connectivity index (χ0v) is 15.2. The van der Waals surface area contributed by atoms with E-state index in [0.717, 1.165) is 13.1 Å². The lowest BCUT2D eigenvalue weighted by atomic mass is 10.0. The van der Waals surface area contributed by atoms with Crippen molar-refractivity contribution < 1.29 is 0 Å². The van der Waals surface area contributed by atoms with Crippen LogP contribution < -0.4 is 0 Å². The van der Waals surface area contributed by atoms with Gasteiger partial charge in [-0.15, -0.1) is 24.0 Å². The molecule has 3 rings (SSSR count). The van der Waals surface area contributed by atoms with Crippen molar-refractivity contribution in [1.82, 2.24) is 4.90 Å². The molecular formula is C20H25Cl2N. The lowest BCUT2D eigenvalue weighted by molar-refractivity contribution is 0.237. The molecule has 0 N–H and O–H groups in total. The van der Waals surface area contributed by atoms with E-state index in [0.29, 0.717) is 11.9 Å². The molecule has 0 heterocycles. The number of alkyl halides is 1. The van der Waals surface area contributed by atoms with Gasteiger partial charge in [0.2, 0.25) is 0 Å². The second-order valence-corrected chi connectivity index (χ2v) is 6.39. The Morgan fingerprint density at radius 3 is 1.96 bits per heavy atom. The maximum atomic E-state index is 6.10. The van der Waals surface area contributed by atoms with E-state index in [1.807, 2.05) is 0 Å². The minimum atomic E-state index is 0. The van der Waals surface area contributed by atoms with Gasteiger partial charge in [0, 0.05) is 12.4 Å². The summed E-state index contributed by atoms with van der Waals surface area (Å²) in [7, 11) is 0. The fraction of sp³-hybridized carbons (Fsp3) is 0.400. The summed E-state index contributed by atoms with van der Waals surface area (Å²) < 4.78 is 0. The molecule has 1 aliphatic rings. The maximum absolute atomic E-state index is 6.10. The third kappa shape index (κ3) is 3.74. The number of unbranched alkanes of at least 4 members (excludes halogenated alkanes) is 2. The molecular weight excluding hydrogens is 325 g/mol. The molecule has 1 aliphatic carbocycles. The molecule has 0 radical (unpaired) electrons. The van der Waals surface area contributed by atoms with Crippen molar-refractivity contribution >= 4 is 24.0 Å². The minimum absolute atomic E-state index is 0. The van der Waals surface area contributed by atoms with Gasteiger partial charge in [0.1, 0.15) is 0 Å². The topological polar surface area (TPSA) is 3.24 Å². The fourth-order valence-corrected chi connectivity index (χ4v) is 3.78. The van der Waals surface area contributed by atoms with Crippen molar-refractivity contribution in [2.75, 3.05) is 19.0 Å². The summed E-state index contributed by atoms with van der Waals surface area (Å²) in [5, 5.41) is 0. The molecule has 0 aromatic heterocycles. The first-order valence-electron chi connectivity index (χ1n) is 8.35. The second-order valence-electron chi connectivity index (χ2n) is 6.01. The highest BCUT2D eigenvalue weighted by Gasteiger charge is 2.31. The Morgan fingerprint density at radius 1 is 0.870 bits per heavy atom. The number of hydrogen-bond donors (Lipinski definition) is 0. The van der Waals surface area contributed by atoms with Gasteiger partial charge < -0.3 is 0 Å². The van der Waals surface area contributed by atoms with Gasteiger partial charge >= 0.3 is 0 Å². The van der Waals surface area contributed by atoms with Crippen LogP contribution in [0.5, 0.6) is 0 Å². The second kappa shape index (κ2) is 8.73. The monoisotopic (exact) mass is 349 g/mol. The van der Waals surface area contributed by atoms with Gasteiger partial charge in [-0.25, -0.2) is 0 Å². The molecule has 23 heavy (non-hydrogen) atoms. The highest BCUT2D eigenvalue weighted by Crippen LogP contribution is 2.46. The Bertz CT molecular complexity index is 581. The first-order valence-corrected chi connectivity index (χ1v) is 8.88. The normalized spacial score (nSPS) is 12.8. The van der Waals surface area contributed by atoms with Crippen LogP contribution in [0.1, 0.15) is 43.4 Å². The van der Waals surface area contributed by atoms with Gasteiger partial charge in [-0.05, 0) is 35.2 Å². The molecule has 0 atom stereocenters. The van der Waals surface area contributed by atoms with Crippen LogP contribution >= 0.6 is 24.0 Å². The quantitative estimate of drug-likeness (QED) is 0.443. The molecule has 0 amide bonds. The molecule has 0 fully saturated rings. The number of nitrogens with zero attached hydrogens (tertiary/aromatic N) is 1. The molecule has 0 bridgehead atoms. The third-order valence-electron chi connectivity index (χ3n) is 4.59. The van der Waals surface area contributed by atoms with Crippen molar-refractivity contribution in [2.24, 2.45) is 0 Å². The van der Waals surface area contributed by atoms with Crippen LogP contribution in [0.15, 0.2) is 48.5 Å². The SMILES string of the molecule is CCCCCN(CCCl)C1c2ccccc2-c2ccccc21.Cl. The third-order valence-corrected chi connectivity index (χ3v) is 4.76. The standard InChI is InChI=1S/C20H24ClN.ClH/c1-2-3-8-14-22(15-13-21)20-18-11-6-4-9-16(18)17-10-5-7-12-19(17)20;/h4-7,9-12,20H,2-3,8,13-15H2,1H3;1H. The molecule has 0 saturated heterocycles. The molecule has 3 heteroatoms. The molecule has 1 nitrogen and oxygen atoms in total. The van der Waals surface area contributed by atoms with Crippen LogP contribution in [0, 0.1) is 0 Å². The molecule has 0 saturated carbocycles. The summed E-state index contributed by atoms with van der Waals surface area (Å²) >= 11 is 6.10. The van der Waals surface area contributed by atoms with Gasteiger partial charge in [0.15, 0.2) is 0 Å². The fourth-order valence-electron chi connectivity index (χ4n) is 3.57. The van der Waals surface area contributed by atoms with Crippen LogP contribution in [0.3, 0.4) is 0 Å². The Morgan fingerprint density at radius 2 is 1.43 bits per heavy atom. The van der Waals surface area contributed by atoms with E-state index in [4.69, 9.17) is 11.6 Å². The Kier molecular flexibility index (Phi) is 6.95. The summed E-state index contributed by atoms with van der Waals surface area (Å²) in [4.78, 5) is 2.56. The first kappa shape index (κ1) is 18.3. The van der Waals surface area contributed by atoms with E-state index in [-0.39, 0.29) is 12.4 Å². The van der Waals surface area contributed by atoms with Gasteiger partial charge in [-0.1, -0.05) is 68.3 Å². The van der Waals surface area contributed by atoms with Crippen LogP contribution in [-0.4, -0.2) is 23.9 Å². The summed E-state index contributed by atoms with van der Waals surface area (Å²) in [6, 6.07) is 18.0. The van der Waals surface area contributed by atoms with Gasteiger partial charge in [-0.2, -0.15) is 0 Å². The van der Waals surface area contributed by atoms with Crippen molar-refractivity contribution in [3.63, 3.8) is 0 Å². The Balaban J connectivity index is 0.00000192. The summed E-state index contributed by atoms with van der Waals surface area (Å²) in [5.41, 5.74) is 5.65. The van der Waals surface area contributed by atoms with Crippen molar-refractivity contribution in [3.05, 3.63) is 59.7 Å². The number of benzene rings is 2. The van der Waals surface area contributed by atoms with E-state index < -0.39 is 0 Å².